The van der Waals surface area contributed by atoms with E-state index in [1.54, 1.807) is 24.5 Å². The molecule has 0 bridgehead atoms. The van der Waals surface area contributed by atoms with Gasteiger partial charge >= 0.3 is 0 Å². The van der Waals surface area contributed by atoms with Crippen molar-refractivity contribution in [3.63, 3.8) is 0 Å². The Hall–Kier alpha value is -2.24. The molecule has 5 heteroatoms. The van der Waals surface area contributed by atoms with Gasteiger partial charge in [0.2, 0.25) is 5.05 Å². The molecule has 0 amide bonds. The maximum atomic E-state index is 14.4. The Balaban J connectivity index is 1.86. The van der Waals surface area contributed by atoms with Crippen LogP contribution in [0.3, 0.4) is 0 Å². The van der Waals surface area contributed by atoms with Crippen molar-refractivity contribution >= 4 is 40.0 Å². The fourth-order valence-corrected chi connectivity index (χ4v) is 3.48. The van der Waals surface area contributed by atoms with Gasteiger partial charge in [0, 0.05) is 16.1 Å². The third-order valence-electron chi connectivity index (χ3n) is 3.64. The predicted molar refractivity (Wildman–Crippen MR) is 103 cm³/mol. The largest absolute Gasteiger partial charge is 0.486 e. The van der Waals surface area contributed by atoms with Crippen molar-refractivity contribution < 1.29 is 9.13 Å². The van der Waals surface area contributed by atoms with Crippen molar-refractivity contribution in [1.29, 1.82) is 0 Å². The minimum Gasteiger partial charge on any atom is -0.486 e. The Kier molecular flexibility index (Phi) is 4.92. The van der Waals surface area contributed by atoms with Gasteiger partial charge in [-0.1, -0.05) is 30.3 Å². The van der Waals surface area contributed by atoms with E-state index in [-0.39, 0.29) is 5.82 Å². The van der Waals surface area contributed by atoms with Gasteiger partial charge in [0.1, 0.15) is 5.82 Å². The second-order valence-corrected chi connectivity index (χ2v) is 6.88. The van der Waals surface area contributed by atoms with Crippen LogP contribution in [0.4, 0.5) is 15.8 Å². The first-order valence-corrected chi connectivity index (χ1v) is 8.61. The van der Waals surface area contributed by atoms with Crippen LogP contribution in [0, 0.1) is 12.7 Å². The highest BCUT2D eigenvalue weighted by Crippen LogP contribution is 2.31. The summed E-state index contributed by atoms with van der Waals surface area (Å²) >= 11 is 6.70. The number of nitrogens with one attached hydrogen (secondary N) is 1. The Bertz CT molecular complexity index is 874. The van der Waals surface area contributed by atoms with Gasteiger partial charge in [0.15, 0.2) is 0 Å². The van der Waals surface area contributed by atoms with Gasteiger partial charge in [-0.2, -0.15) is 0 Å². The van der Waals surface area contributed by atoms with E-state index < -0.39 is 0 Å². The van der Waals surface area contributed by atoms with Crippen molar-refractivity contribution in [2.45, 2.75) is 6.92 Å². The van der Waals surface area contributed by atoms with Crippen LogP contribution in [0.5, 0.6) is 0 Å². The van der Waals surface area contributed by atoms with E-state index in [1.807, 2.05) is 49.4 Å². The highest BCUT2D eigenvalue weighted by molar-refractivity contribution is 7.80. The van der Waals surface area contributed by atoms with Crippen LogP contribution in [-0.4, -0.2) is 12.2 Å². The zero-order valence-electron chi connectivity index (χ0n) is 13.3. The second kappa shape index (κ2) is 7.11. The molecule has 3 rings (SSSR count). The van der Waals surface area contributed by atoms with Crippen LogP contribution < -0.4 is 5.32 Å². The minimum absolute atomic E-state index is 0.258. The number of rotatable bonds is 4. The highest BCUT2D eigenvalue weighted by atomic mass is 32.1. The molecule has 0 unspecified atom stereocenters. The summed E-state index contributed by atoms with van der Waals surface area (Å²) in [6.07, 6.45) is 0. The zero-order chi connectivity index (χ0) is 17.1. The lowest BCUT2D eigenvalue weighted by atomic mass is 10.0. The molecular weight excluding hydrogens is 341 g/mol. The Morgan fingerprint density at radius 1 is 1.12 bits per heavy atom. The summed E-state index contributed by atoms with van der Waals surface area (Å²) in [5, 5.41) is 3.71. The Morgan fingerprint density at radius 2 is 1.88 bits per heavy atom. The molecule has 0 saturated carbocycles. The molecule has 0 fully saturated rings. The number of benzene rings is 2. The monoisotopic (exact) mass is 357 g/mol. The fraction of sp³-hybridized carbons (Fsp3) is 0.105. The number of thiocarbonyl (C=S) groups is 1. The highest BCUT2D eigenvalue weighted by Gasteiger charge is 2.11. The number of thiophene rings is 1. The lowest BCUT2D eigenvalue weighted by Gasteiger charge is -2.09. The molecule has 0 aliphatic rings. The molecule has 0 aliphatic carbocycles. The standard InChI is InChI=1S/C19H16FNOS2/c1-12-17(11-18(24-12)19(23)22-2)21-14-8-9-15(16(20)10-14)13-6-4-3-5-7-13/h3-11,21H,1-2H3. The Labute approximate surface area is 149 Å². The molecule has 2 nitrogen and oxygen atoms in total. The van der Waals surface area contributed by atoms with Crippen LogP contribution >= 0.6 is 23.6 Å². The molecule has 122 valence electrons. The van der Waals surface area contributed by atoms with Crippen molar-refractivity contribution in [2.24, 2.45) is 0 Å². The molecule has 2 aromatic carbocycles. The summed E-state index contributed by atoms with van der Waals surface area (Å²) in [4.78, 5) is 1.95. The molecule has 0 atom stereocenters. The summed E-state index contributed by atoms with van der Waals surface area (Å²) in [5.41, 5.74) is 3.05. The fourth-order valence-electron chi connectivity index (χ4n) is 2.41. The quantitative estimate of drug-likeness (QED) is 0.585. The number of hydrogen-bond acceptors (Lipinski definition) is 4. The maximum absolute atomic E-state index is 14.4. The smallest absolute Gasteiger partial charge is 0.201 e. The molecule has 0 radical (unpaired) electrons. The lowest BCUT2D eigenvalue weighted by Crippen LogP contribution is -1.96. The SMILES string of the molecule is COC(=S)c1cc(Nc2ccc(-c3ccccc3)c(F)c2)c(C)s1. The molecule has 1 heterocycles. The van der Waals surface area contributed by atoms with E-state index in [1.165, 1.54) is 6.07 Å². The van der Waals surface area contributed by atoms with Crippen LogP contribution in [0.15, 0.2) is 54.6 Å². The average Bonchev–Trinajstić information content (AvgIpc) is 2.96. The predicted octanol–water partition coefficient (Wildman–Crippen LogP) is 5.93. The zero-order valence-corrected chi connectivity index (χ0v) is 14.9. The van der Waals surface area contributed by atoms with Crippen molar-refractivity contribution in [3.8, 4) is 11.1 Å². The summed E-state index contributed by atoms with van der Waals surface area (Å²) in [6, 6.07) is 16.6. The number of halogens is 1. The van der Waals surface area contributed by atoms with E-state index in [0.29, 0.717) is 16.3 Å². The molecule has 0 spiro atoms. The summed E-state index contributed by atoms with van der Waals surface area (Å²) < 4.78 is 19.5. The number of hydrogen-bond donors (Lipinski definition) is 1. The van der Waals surface area contributed by atoms with Gasteiger partial charge in [-0.05, 0) is 49.0 Å². The third-order valence-corrected chi connectivity index (χ3v) is 5.20. The van der Waals surface area contributed by atoms with Gasteiger partial charge in [-0.3, -0.25) is 0 Å². The van der Waals surface area contributed by atoms with Gasteiger partial charge in [-0.15, -0.1) is 11.3 Å². The van der Waals surface area contributed by atoms with E-state index in [2.05, 4.69) is 5.32 Å². The second-order valence-electron chi connectivity index (χ2n) is 5.26. The van der Waals surface area contributed by atoms with E-state index >= 15 is 0 Å². The van der Waals surface area contributed by atoms with Gasteiger partial charge in [-0.25, -0.2) is 4.39 Å². The van der Waals surface area contributed by atoms with Crippen LogP contribution in [0.2, 0.25) is 0 Å². The normalized spacial score (nSPS) is 10.5. The molecular formula is C19H16FNOS2. The summed E-state index contributed by atoms with van der Waals surface area (Å²) in [7, 11) is 1.56. The van der Waals surface area contributed by atoms with E-state index in [4.69, 9.17) is 17.0 Å². The van der Waals surface area contributed by atoms with Gasteiger partial charge in [0.05, 0.1) is 17.7 Å². The van der Waals surface area contributed by atoms with Crippen LogP contribution in [0.25, 0.3) is 11.1 Å². The summed E-state index contributed by atoms with van der Waals surface area (Å²) in [6.45, 7) is 1.99. The molecule has 0 aliphatic heterocycles. The van der Waals surface area contributed by atoms with Gasteiger partial charge in [0.25, 0.3) is 0 Å². The summed E-state index contributed by atoms with van der Waals surface area (Å²) in [5.74, 6) is -0.258. The Morgan fingerprint density at radius 3 is 2.54 bits per heavy atom. The maximum Gasteiger partial charge on any atom is 0.201 e. The average molecular weight is 357 g/mol. The van der Waals surface area contributed by atoms with Crippen molar-refractivity contribution in [3.05, 3.63) is 70.2 Å². The van der Waals surface area contributed by atoms with Crippen LogP contribution in [0.1, 0.15) is 9.75 Å². The van der Waals surface area contributed by atoms with Crippen molar-refractivity contribution in [1.82, 2.24) is 0 Å². The van der Waals surface area contributed by atoms with Crippen LogP contribution in [-0.2, 0) is 4.74 Å². The van der Waals surface area contributed by atoms with Crippen molar-refractivity contribution in [2.75, 3.05) is 12.4 Å². The molecule has 0 saturated heterocycles. The first-order chi connectivity index (χ1) is 11.6. The molecule has 1 N–H and O–H groups in total. The first kappa shape index (κ1) is 16.6. The van der Waals surface area contributed by atoms with Gasteiger partial charge < -0.3 is 10.1 Å². The first-order valence-electron chi connectivity index (χ1n) is 7.39. The number of anilines is 2. The number of methoxy groups -OCH3 is 1. The molecule has 1 aromatic heterocycles. The number of aryl methyl sites for hydroxylation is 1. The van der Waals surface area contributed by atoms with E-state index in [0.717, 1.165) is 21.0 Å². The lowest BCUT2D eigenvalue weighted by molar-refractivity contribution is 0.417. The van der Waals surface area contributed by atoms with E-state index in [9.17, 15) is 4.39 Å². The minimum atomic E-state index is -0.258. The third kappa shape index (κ3) is 3.47. The number of ether oxygens (including phenoxy) is 1. The molecule has 24 heavy (non-hydrogen) atoms. The molecule has 3 aromatic rings. The topological polar surface area (TPSA) is 21.3 Å².